The summed E-state index contributed by atoms with van der Waals surface area (Å²) in [5.41, 5.74) is 1.92. The second kappa shape index (κ2) is 5.31. The molecule has 0 radical (unpaired) electrons. The Balaban J connectivity index is 2.88. The third-order valence-electron chi connectivity index (χ3n) is 1.60. The van der Waals surface area contributed by atoms with E-state index in [4.69, 9.17) is 5.26 Å². The number of halogens is 5. The molecule has 1 aromatic rings. The van der Waals surface area contributed by atoms with Crippen molar-refractivity contribution in [3.8, 4) is 6.07 Å². The zero-order valence-electron chi connectivity index (χ0n) is 8.02. The van der Waals surface area contributed by atoms with Crippen molar-refractivity contribution in [3.05, 3.63) is 29.6 Å². The lowest BCUT2D eigenvalue weighted by atomic mass is 10.2. The Morgan fingerprint density at radius 1 is 1.41 bits per heavy atom. The van der Waals surface area contributed by atoms with E-state index in [1.165, 1.54) is 6.07 Å². The number of anilines is 1. The van der Waals surface area contributed by atoms with Crippen LogP contribution in [0.2, 0.25) is 0 Å². The smallest absolute Gasteiger partial charge is 0.277 e. The van der Waals surface area contributed by atoms with Gasteiger partial charge in [0.25, 0.3) is 0 Å². The highest BCUT2D eigenvalue weighted by Crippen LogP contribution is 2.22. The number of nitrogens with one attached hydrogen (secondary N) is 1. The fraction of sp³-hybridized carbons (Fsp3) is 0.111. The average molecular weight is 357 g/mol. The molecule has 0 aliphatic rings. The molecule has 0 unspecified atom stereocenters. The van der Waals surface area contributed by atoms with Crippen LogP contribution in [0.3, 0.4) is 0 Å². The molecule has 0 spiro atoms. The maximum Gasteiger partial charge on any atom is 0.441 e. The predicted molar refractivity (Wildman–Crippen MR) is 62.2 cm³/mol. The monoisotopic (exact) mass is 357 g/mol. The summed E-state index contributed by atoms with van der Waals surface area (Å²) in [7, 11) is 0. The lowest BCUT2D eigenvalue weighted by Crippen LogP contribution is -2.17. The summed E-state index contributed by atoms with van der Waals surface area (Å²) in [5.74, 6) is -0.743. The topological polar surface area (TPSA) is 48.2 Å². The van der Waals surface area contributed by atoms with Gasteiger partial charge in [-0.05, 0) is 40.8 Å². The van der Waals surface area contributed by atoms with Crippen LogP contribution < -0.4 is 5.43 Å². The minimum absolute atomic E-state index is 0.0985. The molecule has 0 saturated carbocycles. The first kappa shape index (κ1) is 13.7. The van der Waals surface area contributed by atoms with Crippen LogP contribution in [0.4, 0.5) is 23.2 Å². The predicted octanol–water partition coefficient (Wildman–Crippen LogP) is 3.42. The third kappa shape index (κ3) is 3.85. The van der Waals surface area contributed by atoms with Crippen LogP contribution in [0.5, 0.6) is 0 Å². The number of nitriles is 1. The normalized spacial score (nSPS) is 12.1. The first-order valence-electron chi connectivity index (χ1n) is 4.10. The Morgan fingerprint density at radius 2 is 2.06 bits per heavy atom. The largest absolute Gasteiger partial charge is 0.441 e. The first-order valence-corrected chi connectivity index (χ1v) is 5.18. The van der Waals surface area contributed by atoms with Crippen molar-refractivity contribution in [3.63, 3.8) is 0 Å². The number of rotatable bonds is 2. The third-order valence-corrected chi connectivity index (χ3v) is 2.46. The van der Waals surface area contributed by atoms with Gasteiger partial charge in [-0.3, -0.25) is 5.43 Å². The van der Waals surface area contributed by atoms with E-state index in [1.807, 2.05) is 0 Å². The molecule has 1 N–H and O–H groups in total. The van der Waals surface area contributed by atoms with Crippen molar-refractivity contribution >= 4 is 32.0 Å². The fourth-order valence-electron chi connectivity index (χ4n) is 0.858. The van der Waals surface area contributed by atoms with Gasteiger partial charge in [0, 0.05) is 0 Å². The van der Waals surface area contributed by atoms with Crippen LogP contribution in [0.25, 0.3) is 0 Å². The number of alkyl halides is 3. The lowest BCUT2D eigenvalue weighted by Gasteiger charge is -2.05. The van der Waals surface area contributed by atoms with E-state index >= 15 is 0 Å². The lowest BCUT2D eigenvalue weighted by molar-refractivity contribution is -0.0545. The molecular formula is C9H4F4IN3. The minimum Gasteiger partial charge on any atom is -0.277 e. The SMILES string of the molecule is N#Cc1cc(NN=C(I)C(F)(F)F)ccc1F. The Hall–Kier alpha value is -1.37. The molecule has 0 fully saturated rings. The van der Waals surface area contributed by atoms with Crippen molar-refractivity contribution < 1.29 is 17.6 Å². The number of hydrogen-bond acceptors (Lipinski definition) is 3. The van der Waals surface area contributed by atoms with E-state index in [1.54, 1.807) is 6.07 Å². The number of benzene rings is 1. The molecule has 0 aliphatic heterocycles. The van der Waals surface area contributed by atoms with Gasteiger partial charge in [-0.2, -0.15) is 23.5 Å². The Morgan fingerprint density at radius 3 is 2.59 bits per heavy atom. The van der Waals surface area contributed by atoms with Gasteiger partial charge in [0.15, 0.2) is 0 Å². The molecule has 0 bridgehead atoms. The molecule has 0 heterocycles. The van der Waals surface area contributed by atoms with Crippen molar-refractivity contribution in [1.82, 2.24) is 0 Å². The van der Waals surface area contributed by atoms with Crippen LogP contribution in [-0.4, -0.2) is 9.89 Å². The second-order valence-electron chi connectivity index (χ2n) is 2.82. The van der Waals surface area contributed by atoms with Gasteiger partial charge < -0.3 is 0 Å². The van der Waals surface area contributed by atoms with E-state index in [-0.39, 0.29) is 11.3 Å². The summed E-state index contributed by atoms with van der Waals surface area (Å²) >= 11 is 1.02. The van der Waals surface area contributed by atoms with Crippen LogP contribution in [0.15, 0.2) is 23.3 Å². The maximum absolute atomic E-state index is 12.9. The van der Waals surface area contributed by atoms with E-state index in [0.717, 1.165) is 34.7 Å². The molecule has 0 saturated heterocycles. The van der Waals surface area contributed by atoms with Crippen LogP contribution in [0, 0.1) is 17.1 Å². The van der Waals surface area contributed by atoms with Gasteiger partial charge in [-0.25, -0.2) is 4.39 Å². The number of hydrazone groups is 1. The summed E-state index contributed by atoms with van der Waals surface area (Å²) in [6.45, 7) is 0. The molecule has 17 heavy (non-hydrogen) atoms. The molecule has 1 rings (SSSR count). The molecule has 3 nitrogen and oxygen atoms in total. The highest BCUT2D eigenvalue weighted by molar-refractivity contribution is 14.1. The van der Waals surface area contributed by atoms with E-state index in [0.29, 0.717) is 0 Å². The summed E-state index contributed by atoms with van der Waals surface area (Å²) in [6.07, 6.45) is -4.54. The molecule has 90 valence electrons. The van der Waals surface area contributed by atoms with E-state index in [9.17, 15) is 17.6 Å². The molecule has 0 amide bonds. The second-order valence-corrected chi connectivity index (χ2v) is 3.84. The fourth-order valence-corrected chi connectivity index (χ4v) is 0.978. The van der Waals surface area contributed by atoms with Crippen LogP contribution in [-0.2, 0) is 0 Å². The van der Waals surface area contributed by atoms with Gasteiger partial charge in [-0.15, -0.1) is 0 Å². The number of hydrogen-bond donors (Lipinski definition) is 1. The van der Waals surface area contributed by atoms with Gasteiger partial charge in [-0.1, -0.05) is 0 Å². The quantitative estimate of drug-likeness (QED) is 0.382. The summed E-state index contributed by atoms with van der Waals surface area (Å²) in [6, 6.07) is 4.78. The van der Waals surface area contributed by atoms with Crippen LogP contribution in [0.1, 0.15) is 5.56 Å². The molecule has 0 aromatic heterocycles. The van der Waals surface area contributed by atoms with Gasteiger partial charge in [0.1, 0.15) is 11.9 Å². The highest BCUT2D eigenvalue weighted by atomic mass is 127. The van der Waals surface area contributed by atoms with E-state index in [2.05, 4.69) is 10.5 Å². The standard InChI is InChI=1S/C9H4F4IN3/c10-7-2-1-6(3-5(7)4-15)16-17-8(14)9(11,12)13/h1-3,16H. The molecule has 0 atom stereocenters. The van der Waals surface area contributed by atoms with E-state index < -0.39 is 15.7 Å². The average Bonchev–Trinajstić information content (AvgIpc) is 2.26. The van der Waals surface area contributed by atoms with Gasteiger partial charge in [0.2, 0.25) is 3.72 Å². The maximum atomic E-state index is 12.9. The zero-order chi connectivity index (χ0) is 13.1. The highest BCUT2D eigenvalue weighted by Gasteiger charge is 2.34. The Bertz CT molecular complexity index is 490. The number of nitrogens with zero attached hydrogens (tertiary/aromatic N) is 2. The minimum atomic E-state index is -4.54. The van der Waals surface area contributed by atoms with Gasteiger partial charge in [0.05, 0.1) is 11.3 Å². The molecule has 1 aromatic carbocycles. The van der Waals surface area contributed by atoms with Crippen molar-refractivity contribution in [2.75, 3.05) is 5.43 Å². The van der Waals surface area contributed by atoms with Crippen molar-refractivity contribution in [2.45, 2.75) is 6.18 Å². The zero-order valence-corrected chi connectivity index (χ0v) is 10.2. The Kier molecular flexibility index (Phi) is 4.28. The summed E-state index contributed by atoms with van der Waals surface area (Å²) in [4.78, 5) is 0. The van der Waals surface area contributed by atoms with Crippen molar-refractivity contribution in [2.24, 2.45) is 5.10 Å². The summed E-state index contributed by atoms with van der Waals surface area (Å²) < 4.78 is 48.0. The Labute approximate surface area is 107 Å². The molecular weight excluding hydrogens is 353 g/mol. The van der Waals surface area contributed by atoms with Crippen molar-refractivity contribution in [1.29, 1.82) is 5.26 Å². The molecule has 0 aliphatic carbocycles. The van der Waals surface area contributed by atoms with Crippen LogP contribution >= 0.6 is 22.6 Å². The van der Waals surface area contributed by atoms with Gasteiger partial charge >= 0.3 is 6.18 Å². The first-order chi connectivity index (χ1) is 7.84. The summed E-state index contributed by atoms with van der Waals surface area (Å²) in [5, 5.41) is 11.6. The molecule has 8 heteroatoms.